The molecule has 0 saturated carbocycles. The van der Waals surface area contributed by atoms with Crippen LogP contribution in [0.5, 0.6) is 0 Å². The molecule has 0 N–H and O–H groups in total. The van der Waals surface area contributed by atoms with E-state index in [1.807, 2.05) is 6.07 Å². The predicted octanol–water partition coefficient (Wildman–Crippen LogP) is 13.7. The van der Waals surface area contributed by atoms with E-state index in [1.165, 1.54) is 43.7 Å². The maximum Gasteiger partial charge on any atom is 0.0979 e. The lowest BCUT2D eigenvalue weighted by molar-refractivity contribution is 1.18. The van der Waals surface area contributed by atoms with Gasteiger partial charge in [0.2, 0.25) is 0 Å². The van der Waals surface area contributed by atoms with Crippen LogP contribution < -0.4 is 0 Å². The van der Waals surface area contributed by atoms with Crippen LogP contribution >= 0.6 is 0 Å². The van der Waals surface area contributed by atoms with E-state index in [4.69, 9.17) is 9.97 Å². The van der Waals surface area contributed by atoms with Crippen molar-refractivity contribution in [2.24, 2.45) is 0 Å². The normalized spacial score (nSPS) is 11.6. The molecule has 256 valence electrons. The highest BCUT2D eigenvalue weighted by Gasteiger charge is 2.18. The zero-order valence-electron chi connectivity index (χ0n) is 29.9. The molecule has 0 radical (unpaired) electrons. The lowest BCUT2D eigenvalue weighted by atomic mass is 9.96. The number of rotatable bonds is 5. The average Bonchev–Trinajstić information content (AvgIpc) is 3.61. The summed E-state index contributed by atoms with van der Waals surface area (Å²) in [7, 11) is 0. The van der Waals surface area contributed by atoms with E-state index < -0.39 is 0 Å². The van der Waals surface area contributed by atoms with Crippen LogP contribution in [0.3, 0.4) is 0 Å². The summed E-state index contributed by atoms with van der Waals surface area (Å²) in [6.07, 6.45) is 0. The van der Waals surface area contributed by atoms with Crippen LogP contribution in [-0.2, 0) is 0 Å². The van der Waals surface area contributed by atoms with E-state index in [-0.39, 0.29) is 0 Å². The molecule has 0 amide bonds. The van der Waals surface area contributed by atoms with Crippen molar-refractivity contribution in [2.75, 3.05) is 0 Å². The number of aromatic nitrogens is 3. The summed E-state index contributed by atoms with van der Waals surface area (Å²) in [5.41, 5.74) is 13.9. The largest absolute Gasteiger partial charge is 0.309 e. The monoisotopic (exact) mass is 699 g/mol. The number of nitrogens with zero attached hydrogens (tertiary/aromatic N) is 3. The summed E-state index contributed by atoms with van der Waals surface area (Å²) in [4.78, 5) is 10.9. The fourth-order valence-corrected chi connectivity index (χ4v) is 8.38. The first-order valence-corrected chi connectivity index (χ1v) is 18.7. The molecule has 9 aromatic carbocycles. The molecule has 0 spiro atoms. The standard InChI is InChI=1S/C52H33N3/c1-2-14-36(15-3-1)49-50(54-52-46-25-7-5-21-42(46)41-20-4-6-24-45(41)51(52)53-49)39-18-12-16-37(32-39)34-28-30-35(31-29-34)38-17-13-19-40(33-38)55-47-26-10-8-22-43(47)44-23-9-11-27-48(44)55/h1-33H. The van der Waals surface area contributed by atoms with Gasteiger partial charge in [-0.25, -0.2) is 9.97 Å². The summed E-state index contributed by atoms with van der Waals surface area (Å²) in [6, 6.07) is 71.3. The molecule has 55 heavy (non-hydrogen) atoms. The zero-order chi connectivity index (χ0) is 36.3. The van der Waals surface area contributed by atoms with Crippen molar-refractivity contribution < 1.29 is 0 Å². The van der Waals surface area contributed by atoms with Gasteiger partial charge in [0.15, 0.2) is 0 Å². The van der Waals surface area contributed by atoms with Gasteiger partial charge in [-0.3, -0.25) is 0 Å². The fraction of sp³-hybridized carbons (Fsp3) is 0. The van der Waals surface area contributed by atoms with Crippen LogP contribution in [0.2, 0.25) is 0 Å². The molecule has 0 bridgehead atoms. The third-order valence-electron chi connectivity index (χ3n) is 11.0. The molecular formula is C52H33N3. The highest BCUT2D eigenvalue weighted by Crippen LogP contribution is 2.39. The van der Waals surface area contributed by atoms with Crippen LogP contribution in [0.15, 0.2) is 200 Å². The van der Waals surface area contributed by atoms with E-state index in [0.717, 1.165) is 61.1 Å². The summed E-state index contributed by atoms with van der Waals surface area (Å²) in [5, 5.41) is 7.13. The van der Waals surface area contributed by atoms with Crippen molar-refractivity contribution in [3.63, 3.8) is 0 Å². The maximum atomic E-state index is 5.49. The number of hydrogen-bond donors (Lipinski definition) is 0. The Labute approximate surface area is 318 Å². The van der Waals surface area contributed by atoms with Crippen molar-refractivity contribution >= 4 is 54.4 Å². The molecule has 3 nitrogen and oxygen atoms in total. The molecule has 2 heterocycles. The molecule has 11 rings (SSSR count). The zero-order valence-corrected chi connectivity index (χ0v) is 29.9. The Morgan fingerprint density at radius 3 is 1.27 bits per heavy atom. The molecular weight excluding hydrogens is 667 g/mol. The molecule has 2 aromatic heterocycles. The van der Waals surface area contributed by atoms with E-state index in [2.05, 4.69) is 199 Å². The van der Waals surface area contributed by atoms with Gasteiger partial charge in [-0.15, -0.1) is 0 Å². The summed E-state index contributed by atoms with van der Waals surface area (Å²) < 4.78 is 2.37. The third kappa shape index (κ3) is 5.13. The minimum atomic E-state index is 0.875. The van der Waals surface area contributed by atoms with Crippen molar-refractivity contribution in [3.8, 4) is 50.5 Å². The Balaban J connectivity index is 1.01. The maximum absolute atomic E-state index is 5.49. The number of hydrogen-bond acceptors (Lipinski definition) is 2. The topological polar surface area (TPSA) is 30.7 Å². The molecule has 0 atom stereocenters. The molecule has 11 aromatic rings. The highest BCUT2D eigenvalue weighted by atomic mass is 15.0. The van der Waals surface area contributed by atoms with Crippen LogP contribution in [0.1, 0.15) is 0 Å². The van der Waals surface area contributed by atoms with Gasteiger partial charge in [-0.1, -0.05) is 170 Å². The first kappa shape index (κ1) is 31.2. The van der Waals surface area contributed by atoms with Gasteiger partial charge < -0.3 is 4.57 Å². The predicted molar refractivity (Wildman–Crippen MR) is 231 cm³/mol. The van der Waals surface area contributed by atoms with Crippen molar-refractivity contribution in [3.05, 3.63) is 200 Å². The van der Waals surface area contributed by atoms with E-state index >= 15 is 0 Å². The van der Waals surface area contributed by atoms with E-state index in [0.29, 0.717) is 0 Å². The first-order chi connectivity index (χ1) is 27.3. The van der Waals surface area contributed by atoms with Crippen LogP contribution in [-0.4, -0.2) is 14.5 Å². The summed E-state index contributed by atoms with van der Waals surface area (Å²) in [5.74, 6) is 0. The first-order valence-electron chi connectivity index (χ1n) is 18.7. The molecule has 0 aliphatic heterocycles. The lowest BCUT2D eigenvalue weighted by Crippen LogP contribution is -1.97. The molecule has 0 aliphatic carbocycles. The van der Waals surface area contributed by atoms with Gasteiger partial charge in [0, 0.05) is 38.4 Å². The van der Waals surface area contributed by atoms with Gasteiger partial charge in [0.1, 0.15) is 0 Å². The number of para-hydroxylation sites is 2. The second-order valence-corrected chi connectivity index (χ2v) is 14.2. The minimum absolute atomic E-state index is 0.875. The van der Waals surface area contributed by atoms with Gasteiger partial charge in [0.25, 0.3) is 0 Å². The molecule has 0 unspecified atom stereocenters. The Morgan fingerprint density at radius 2 is 0.691 bits per heavy atom. The molecule has 3 heteroatoms. The number of fused-ring (bicyclic) bond motifs is 9. The SMILES string of the molecule is c1ccc(-c2nc3c4ccccc4c4ccccc4c3nc2-c2cccc(-c3ccc(-c4cccc(-n5c6ccccc6c6ccccc65)c4)cc3)c2)cc1. The highest BCUT2D eigenvalue weighted by molar-refractivity contribution is 6.23. The quantitative estimate of drug-likeness (QED) is 0.167. The average molecular weight is 700 g/mol. The third-order valence-corrected chi connectivity index (χ3v) is 11.0. The Kier molecular flexibility index (Phi) is 7.17. The lowest BCUT2D eigenvalue weighted by Gasteiger charge is -2.15. The smallest absolute Gasteiger partial charge is 0.0979 e. The number of benzene rings is 9. The molecule has 0 fully saturated rings. The fourth-order valence-electron chi connectivity index (χ4n) is 8.38. The molecule has 0 saturated heterocycles. The Morgan fingerprint density at radius 1 is 0.273 bits per heavy atom. The van der Waals surface area contributed by atoms with Gasteiger partial charge in [0.05, 0.1) is 33.5 Å². The summed E-state index contributed by atoms with van der Waals surface area (Å²) in [6.45, 7) is 0. The van der Waals surface area contributed by atoms with Crippen LogP contribution in [0, 0.1) is 0 Å². The van der Waals surface area contributed by atoms with Crippen LogP contribution in [0.25, 0.3) is 105 Å². The van der Waals surface area contributed by atoms with Gasteiger partial charge >= 0.3 is 0 Å². The van der Waals surface area contributed by atoms with Crippen molar-refractivity contribution in [1.29, 1.82) is 0 Å². The second kappa shape index (κ2) is 12.6. The van der Waals surface area contributed by atoms with E-state index in [1.54, 1.807) is 0 Å². The van der Waals surface area contributed by atoms with Crippen molar-refractivity contribution in [1.82, 2.24) is 14.5 Å². The van der Waals surface area contributed by atoms with Crippen molar-refractivity contribution in [2.45, 2.75) is 0 Å². The van der Waals surface area contributed by atoms with E-state index in [9.17, 15) is 0 Å². The van der Waals surface area contributed by atoms with Crippen LogP contribution in [0.4, 0.5) is 0 Å². The van der Waals surface area contributed by atoms with Gasteiger partial charge in [-0.05, 0) is 63.4 Å². The second-order valence-electron chi connectivity index (χ2n) is 14.2. The Bertz CT molecular complexity index is 3200. The minimum Gasteiger partial charge on any atom is -0.309 e. The Hall–Kier alpha value is -7.36. The molecule has 0 aliphatic rings. The summed E-state index contributed by atoms with van der Waals surface area (Å²) >= 11 is 0. The van der Waals surface area contributed by atoms with Gasteiger partial charge in [-0.2, -0.15) is 0 Å².